The lowest BCUT2D eigenvalue weighted by Gasteiger charge is -2.41. The summed E-state index contributed by atoms with van der Waals surface area (Å²) in [5.74, 6) is -0.0687. The molecule has 0 radical (unpaired) electrons. The summed E-state index contributed by atoms with van der Waals surface area (Å²) >= 11 is 0. The first-order chi connectivity index (χ1) is 8.91. The highest BCUT2D eigenvalue weighted by Gasteiger charge is 2.33. The molecule has 1 atom stereocenters. The van der Waals surface area contributed by atoms with Crippen LogP contribution in [0.2, 0.25) is 0 Å². The van der Waals surface area contributed by atoms with Crippen LogP contribution < -0.4 is 0 Å². The third-order valence-electron chi connectivity index (χ3n) is 4.68. The van der Waals surface area contributed by atoms with E-state index in [0.717, 1.165) is 19.3 Å². The maximum atomic E-state index is 12.0. The van der Waals surface area contributed by atoms with Gasteiger partial charge in [0.25, 0.3) is 0 Å². The number of rotatable bonds is 6. The number of hydrogen-bond donors (Lipinski definition) is 0. The van der Waals surface area contributed by atoms with Crippen molar-refractivity contribution in [2.75, 3.05) is 14.2 Å². The maximum absolute atomic E-state index is 12.0. The van der Waals surface area contributed by atoms with E-state index in [1.807, 2.05) is 0 Å². The summed E-state index contributed by atoms with van der Waals surface area (Å²) < 4.78 is 4.98. The molecule has 1 fully saturated rings. The molecule has 1 aliphatic carbocycles. The molecule has 1 unspecified atom stereocenters. The van der Waals surface area contributed by atoms with Gasteiger partial charge < -0.3 is 4.74 Å². The van der Waals surface area contributed by atoms with Crippen molar-refractivity contribution in [2.45, 2.75) is 77.8 Å². The van der Waals surface area contributed by atoms with Crippen LogP contribution in [-0.4, -0.2) is 37.1 Å². The molecule has 0 bridgehead atoms. The smallest absolute Gasteiger partial charge is 0.323 e. The Morgan fingerprint density at radius 2 is 1.95 bits per heavy atom. The van der Waals surface area contributed by atoms with Crippen LogP contribution in [0.4, 0.5) is 0 Å². The Morgan fingerprint density at radius 1 is 1.37 bits per heavy atom. The Hall–Kier alpha value is -0.570. The highest BCUT2D eigenvalue weighted by molar-refractivity contribution is 5.75. The molecule has 1 rings (SSSR count). The quantitative estimate of drug-likeness (QED) is 0.690. The standard InChI is InChI=1S/C16H31NO2/c1-6-7-8-14(15(18)19-5)17(4)13-9-11-16(2,3)12-10-13/h13-14H,6-12H2,1-5H3. The maximum Gasteiger partial charge on any atom is 0.323 e. The van der Waals surface area contributed by atoms with Gasteiger partial charge in [-0.05, 0) is 44.6 Å². The second-order valence-corrected chi connectivity index (χ2v) is 6.74. The first-order valence-corrected chi connectivity index (χ1v) is 7.71. The summed E-state index contributed by atoms with van der Waals surface area (Å²) in [6, 6.07) is 0.477. The van der Waals surface area contributed by atoms with E-state index in [9.17, 15) is 4.79 Å². The van der Waals surface area contributed by atoms with Gasteiger partial charge in [-0.3, -0.25) is 9.69 Å². The normalized spacial score (nSPS) is 21.4. The van der Waals surface area contributed by atoms with Gasteiger partial charge in [0.05, 0.1) is 7.11 Å². The predicted molar refractivity (Wildman–Crippen MR) is 79.1 cm³/mol. The van der Waals surface area contributed by atoms with Gasteiger partial charge in [-0.1, -0.05) is 33.6 Å². The average molecular weight is 269 g/mol. The van der Waals surface area contributed by atoms with Crippen LogP contribution in [0.15, 0.2) is 0 Å². The monoisotopic (exact) mass is 269 g/mol. The molecular weight excluding hydrogens is 238 g/mol. The van der Waals surface area contributed by atoms with Crippen LogP contribution in [-0.2, 0) is 9.53 Å². The summed E-state index contributed by atoms with van der Waals surface area (Å²) in [6.07, 6.45) is 8.03. The van der Waals surface area contributed by atoms with E-state index in [0.29, 0.717) is 11.5 Å². The Bertz CT molecular complexity index is 278. The van der Waals surface area contributed by atoms with Crippen LogP contribution in [0.1, 0.15) is 65.7 Å². The molecule has 1 saturated carbocycles. The van der Waals surface area contributed by atoms with Crippen molar-refractivity contribution in [1.29, 1.82) is 0 Å². The molecule has 1 aliphatic rings. The van der Waals surface area contributed by atoms with Crippen molar-refractivity contribution >= 4 is 5.97 Å². The minimum Gasteiger partial charge on any atom is -0.468 e. The Labute approximate surface area is 118 Å². The first-order valence-electron chi connectivity index (χ1n) is 7.71. The van der Waals surface area contributed by atoms with Gasteiger partial charge in [-0.25, -0.2) is 0 Å². The average Bonchev–Trinajstić information content (AvgIpc) is 2.38. The SMILES string of the molecule is CCCCC(C(=O)OC)N(C)C1CCC(C)(C)CC1. The summed E-state index contributed by atoms with van der Waals surface area (Å²) in [5.41, 5.74) is 0.474. The zero-order valence-electron chi connectivity index (χ0n) is 13.4. The van der Waals surface area contributed by atoms with Crippen LogP contribution in [0.3, 0.4) is 0 Å². The van der Waals surface area contributed by atoms with Gasteiger partial charge in [-0.15, -0.1) is 0 Å². The summed E-state index contributed by atoms with van der Waals surface area (Å²) in [7, 11) is 3.60. The molecule has 112 valence electrons. The lowest BCUT2D eigenvalue weighted by atomic mass is 9.75. The number of esters is 1. The number of nitrogens with zero attached hydrogens (tertiary/aromatic N) is 1. The zero-order valence-corrected chi connectivity index (χ0v) is 13.4. The van der Waals surface area contributed by atoms with E-state index in [-0.39, 0.29) is 12.0 Å². The fourth-order valence-electron chi connectivity index (χ4n) is 3.07. The number of hydrogen-bond acceptors (Lipinski definition) is 3. The van der Waals surface area contributed by atoms with Crippen molar-refractivity contribution < 1.29 is 9.53 Å². The molecule has 0 N–H and O–H groups in total. The summed E-state index contributed by atoms with van der Waals surface area (Å²) in [5, 5.41) is 0. The number of unbranched alkanes of at least 4 members (excludes halogenated alkanes) is 1. The molecule has 0 spiro atoms. The van der Waals surface area contributed by atoms with E-state index >= 15 is 0 Å². The van der Waals surface area contributed by atoms with Crippen LogP contribution in [0, 0.1) is 5.41 Å². The number of ether oxygens (including phenoxy) is 1. The van der Waals surface area contributed by atoms with Crippen LogP contribution in [0.25, 0.3) is 0 Å². The highest BCUT2D eigenvalue weighted by Crippen LogP contribution is 2.37. The zero-order chi connectivity index (χ0) is 14.5. The van der Waals surface area contributed by atoms with Gasteiger partial charge in [0.1, 0.15) is 6.04 Å². The van der Waals surface area contributed by atoms with Crippen molar-refractivity contribution in [1.82, 2.24) is 4.90 Å². The number of carbonyl (C=O) groups excluding carboxylic acids is 1. The first kappa shape index (κ1) is 16.5. The summed E-state index contributed by atoms with van der Waals surface area (Å²) in [4.78, 5) is 14.2. The van der Waals surface area contributed by atoms with Crippen molar-refractivity contribution in [3.05, 3.63) is 0 Å². The molecule has 19 heavy (non-hydrogen) atoms. The molecule has 0 aliphatic heterocycles. The number of likely N-dealkylation sites (N-methyl/N-ethyl adjacent to an activating group) is 1. The molecule has 3 heteroatoms. The van der Waals surface area contributed by atoms with E-state index in [2.05, 4.69) is 32.7 Å². The van der Waals surface area contributed by atoms with Crippen molar-refractivity contribution in [2.24, 2.45) is 5.41 Å². The minimum absolute atomic E-state index is 0.0591. The van der Waals surface area contributed by atoms with Gasteiger partial charge in [0, 0.05) is 6.04 Å². The Kier molecular flexibility index (Phi) is 6.31. The Balaban J connectivity index is 2.60. The summed E-state index contributed by atoms with van der Waals surface area (Å²) in [6.45, 7) is 6.85. The lowest BCUT2D eigenvalue weighted by Crippen LogP contribution is -2.47. The molecule has 0 heterocycles. The second kappa shape index (κ2) is 7.28. The molecular formula is C16H31NO2. The lowest BCUT2D eigenvalue weighted by molar-refractivity contribution is -0.148. The largest absolute Gasteiger partial charge is 0.468 e. The molecule has 0 aromatic carbocycles. The Morgan fingerprint density at radius 3 is 2.42 bits per heavy atom. The van der Waals surface area contributed by atoms with Crippen molar-refractivity contribution in [3.63, 3.8) is 0 Å². The topological polar surface area (TPSA) is 29.5 Å². The fourth-order valence-corrected chi connectivity index (χ4v) is 3.07. The van der Waals surface area contributed by atoms with E-state index in [1.54, 1.807) is 0 Å². The third kappa shape index (κ3) is 4.79. The van der Waals surface area contributed by atoms with Crippen LogP contribution in [0.5, 0.6) is 0 Å². The van der Waals surface area contributed by atoms with Crippen molar-refractivity contribution in [3.8, 4) is 0 Å². The predicted octanol–water partition coefficient (Wildman–Crippen LogP) is 3.62. The van der Waals surface area contributed by atoms with Gasteiger partial charge in [-0.2, -0.15) is 0 Å². The second-order valence-electron chi connectivity index (χ2n) is 6.74. The highest BCUT2D eigenvalue weighted by atomic mass is 16.5. The van der Waals surface area contributed by atoms with Gasteiger partial charge in [0.2, 0.25) is 0 Å². The van der Waals surface area contributed by atoms with E-state index in [4.69, 9.17) is 4.74 Å². The van der Waals surface area contributed by atoms with Gasteiger partial charge >= 0.3 is 5.97 Å². The molecule has 0 aromatic heterocycles. The molecule has 3 nitrogen and oxygen atoms in total. The molecule has 0 saturated heterocycles. The van der Waals surface area contributed by atoms with Gasteiger partial charge in [0.15, 0.2) is 0 Å². The van der Waals surface area contributed by atoms with E-state index in [1.165, 1.54) is 32.8 Å². The van der Waals surface area contributed by atoms with Crippen LogP contribution >= 0.6 is 0 Å². The fraction of sp³-hybridized carbons (Fsp3) is 0.938. The number of carbonyl (C=O) groups is 1. The molecule has 0 aromatic rings. The van der Waals surface area contributed by atoms with E-state index < -0.39 is 0 Å². The number of methoxy groups -OCH3 is 1. The minimum atomic E-state index is -0.0687. The molecule has 0 amide bonds. The third-order valence-corrected chi connectivity index (χ3v) is 4.68.